The highest BCUT2D eigenvalue weighted by Gasteiger charge is 2.22. The highest BCUT2D eigenvalue weighted by atomic mass is 32.2. The third kappa shape index (κ3) is 4.97. The number of benzene rings is 1. The lowest BCUT2D eigenvalue weighted by atomic mass is 10.3. The molecule has 22 heavy (non-hydrogen) atoms. The Hall–Kier alpha value is -1.65. The third-order valence-electron chi connectivity index (χ3n) is 2.71. The van der Waals surface area contributed by atoms with E-state index in [0.717, 1.165) is 12.3 Å². The van der Waals surface area contributed by atoms with Crippen molar-refractivity contribution in [2.75, 3.05) is 19.9 Å². The Kier molecular flexibility index (Phi) is 5.92. The van der Waals surface area contributed by atoms with Crippen molar-refractivity contribution >= 4 is 25.8 Å². The summed E-state index contributed by atoms with van der Waals surface area (Å²) in [6.07, 6.45) is 0.900. The summed E-state index contributed by atoms with van der Waals surface area (Å²) >= 11 is 0. The van der Waals surface area contributed by atoms with Gasteiger partial charge in [-0.05, 0) is 24.6 Å². The molecule has 124 valence electrons. The molecule has 0 heterocycles. The number of carboxylic acids is 1. The maximum absolute atomic E-state index is 12.2. The highest BCUT2D eigenvalue weighted by Crippen LogP contribution is 2.26. The number of methoxy groups -OCH3 is 1. The lowest BCUT2D eigenvalue weighted by Crippen LogP contribution is -2.26. The summed E-state index contributed by atoms with van der Waals surface area (Å²) in [6, 6.07) is 3.51. The van der Waals surface area contributed by atoms with E-state index in [1.54, 1.807) is 0 Å². The number of aliphatic carboxylic acids is 1. The van der Waals surface area contributed by atoms with E-state index in [0.29, 0.717) is 0 Å². The van der Waals surface area contributed by atoms with Crippen LogP contribution in [-0.4, -0.2) is 47.8 Å². The smallest absolute Gasteiger partial charge is 0.303 e. The number of carboxylic acid groups (broad SMARTS) is 1. The van der Waals surface area contributed by atoms with Crippen LogP contribution in [0.2, 0.25) is 0 Å². The second kappa shape index (κ2) is 7.07. The fourth-order valence-electron chi connectivity index (χ4n) is 1.62. The maximum atomic E-state index is 12.2. The van der Waals surface area contributed by atoms with E-state index in [2.05, 4.69) is 4.72 Å². The van der Waals surface area contributed by atoms with Gasteiger partial charge in [-0.3, -0.25) is 4.79 Å². The molecule has 0 aromatic heterocycles. The first kappa shape index (κ1) is 18.4. The Morgan fingerprint density at radius 3 is 2.41 bits per heavy atom. The average Bonchev–Trinajstić information content (AvgIpc) is 2.41. The van der Waals surface area contributed by atoms with Gasteiger partial charge in [0, 0.05) is 19.2 Å². The Bertz CT molecular complexity index is 754. The Morgan fingerprint density at radius 1 is 1.27 bits per heavy atom. The first-order chi connectivity index (χ1) is 10.1. The topological polar surface area (TPSA) is 127 Å². The van der Waals surface area contributed by atoms with Crippen molar-refractivity contribution < 1.29 is 31.5 Å². The number of hydrogen-bond donors (Lipinski definition) is 2. The first-order valence-electron chi connectivity index (χ1n) is 6.17. The zero-order chi connectivity index (χ0) is 17.0. The van der Waals surface area contributed by atoms with Gasteiger partial charge in [0.2, 0.25) is 10.0 Å². The number of hydrogen-bond acceptors (Lipinski definition) is 6. The van der Waals surface area contributed by atoms with Crippen molar-refractivity contribution in [3.63, 3.8) is 0 Å². The van der Waals surface area contributed by atoms with Gasteiger partial charge >= 0.3 is 5.97 Å². The Morgan fingerprint density at radius 2 is 1.91 bits per heavy atom. The van der Waals surface area contributed by atoms with Crippen LogP contribution in [0.25, 0.3) is 0 Å². The zero-order valence-corrected chi connectivity index (χ0v) is 13.7. The van der Waals surface area contributed by atoms with Gasteiger partial charge in [-0.2, -0.15) is 0 Å². The van der Waals surface area contributed by atoms with E-state index < -0.39 is 25.8 Å². The highest BCUT2D eigenvalue weighted by molar-refractivity contribution is 7.91. The first-order valence-corrected chi connectivity index (χ1v) is 9.55. The van der Waals surface area contributed by atoms with Gasteiger partial charge in [0.1, 0.15) is 10.6 Å². The van der Waals surface area contributed by atoms with Gasteiger partial charge in [0.05, 0.1) is 12.0 Å². The summed E-state index contributed by atoms with van der Waals surface area (Å²) in [6.45, 7) is -0.0825. The summed E-state index contributed by atoms with van der Waals surface area (Å²) in [4.78, 5) is 9.92. The van der Waals surface area contributed by atoms with E-state index in [4.69, 9.17) is 9.84 Å². The minimum Gasteiger partial charge on any atom is -0.495 e. The number of sulfone groups is 1. The molecule has 0 fully saturated rings. The summed E-state index contributed by atoms with van der Waals surface area (Å²) in [5, 5.41) is 8.50. The normalized spacial score (nSPS) is 12.1. The molecule has 0 aliphatic carbocycles. The van der Waals surface area contributed by atoms with Crippen LogP contribution >= 0.6 is 0 Å². The van der Waals surface area contributed by atoms with Crippen LogP contribution in [0.5, 0.6) is 5.75 Å². The van der Waals surface area contributed by atoms with Gasteiger partial charge in [0.25, 0.3) is 0 Å². The quantitative estimate of drug-likeness (QED) is 0.642. The lowest BCUT2D eigenvalue weighted by molar-refractivity contribution is -0.137. The monoisotopic (exact) mass is 351 g/mol. The van der Waals surface area contributed by atoms with Crippen molar-refractivity contribution in [1.82, 2.24) is 4.72 Å². The van der Waals surface area contributed by atoms with Gasteiger partial charge in [-0.25, -0.2) is 21.6 Å². The second-order valence-electron chi connectivity index (χ2n) is 4.48. The van der Waals surface area contributed by atoms with Crippen LogP contribution in [0.4, 0.5) is 0 Å². The van der Waals surface area contributed by atoms with Crippen molar-refractivity contribution in [2.45, 2.75) is 22.6 Å². The van der Waals surface area contributed by atoms with Crippen molar-refractivity contribution in [2.24, 2.45) is 0 Å². The molecule has 0 amide bonds. The van der Waals surface area contributed by atoms with Gasteiger partial charge in [-0.15, -0.1) is 0 Å². The third-order valence-corrected chi connectivity index (χ3v) is 5.30. The zero-order valence-electron chi connectivity index (χ0n) is 12.1. The molecule has 0 saturated carbocycles. The molecule has 0 aliphatic rings. The van der Waals surface area contributed by atoms with Crippen molar-refractivity contribution in [1.29, 1.82) is 0 Å². The van der Waals surface area contributed by atoms with E-state index in [1.807, 2.05) is 0 Å². The predicted octanol–water partition coefficient (Wildman–Crippen LogP) is 0.242. The summed E-state index contributed by atoms with van der Waals surface area (Å²) in [5.41, 5.74) is 0. The molecule has 1 rings (SSSR count). The molecule has 1 aromatic carbocycles. The minimum atomic E-state index is -4.02. The molecule has 2 N–H and O–H groups in total. The number of nitrogens with one attached hydrogen (secondary N) is 1. The molecule has 0 bridgehead atoms. The molecule has 10 heteroatoms. The summed E-state index contributed by atoms with van der Waals surface area (Å²) < 4.78 is 54.6. The Balaban J connectivity index is 3.09. The van der Waals surface area contributed by atoms with Crippen LogP contribution in [0.1, 0.15) is 12.8 Å². The van der Waals surface area contributed by atoms with E-state index >= 15 is 0 Å². The molecule has 1 aromatic rings. The molecule has 0 spiro atoms. The maximum Gasteiger partial charge on any atom is 0.303 e. The van der Waals surface area contributed by atoms with Crippen LogP contribution in [0.15, 0.2) is 28.0 Å². The molecular weight excluding hydrogens is 334 g/mol. The molecule has 0 aliphatic heterocycles. The number of sulfonamides is 1. The molecule has 0 radical (unpaired) electrons. The van der Waals surface area contributed by atoms with Crippen LogP contribution in [0.3, 0.4) is 0 Å². The van der Waals surface area contributed by atoms with Crippen LogP contribution in [0, 0.1) is 0 Å². The number of rotatable bonds is 8. The fraction of sp³-hybridized carbons (Fsp3) is 0.417. The van der Waals surface area contributed by atoms with Crippen molar-refractivity contribution in [3.05, 3.63) is 18.2 Å². The fourth-order valence-corrected chi connectivity index (χ4v) is 3.61. The SMILES string of the molecule is COc1ccc(S(C)(=O)=O)cc1S(=O)(=O)NCCCC(=O)O. The van der Waals surface area contributed by atoms with Gasteiger partial charge in [0.15, 0.2) is 9.84 Å². The van der Waals surface area contributed by atoms with E-state index in [-0.39, 0.29) is 34.9 Å². The minimum absolute atomic E-state index is 0.00173. The van der Waals surface area contributed by atoms with E-state index in [1.165, 1.54) is 19.2 Å². The van der Waals surface area contributed by atoms with Crippen LogP contribution in [-0.2, 0) is 24.7 Å². The largest absolute Gasteiger partial charge is 0.495 e. The Labute approximate surface area is 129 Å². The average molecular weight is 351 g/mol. The standard InChI is InChI=1S/C12H17NO7S2/c1-20-10-6-5-9(21(2,16)17)8-11(10)22(18,19)13-7-3-4-12(14)15/h5-6,8,13H,3-4,7H2,1-2H3,(H,14,15). The molecular formula is C12H17NO7S2. The van der Waals surface area contributed by atoms with E-state index in [9.17, 15) is 21.6 Å². The number of carbonyl (C=O) groups is 1. The number of ether oxygens (including phenoxy) is 1. The van der Waals surface area contributed by atoms with Crippen molar-refractivity contribution in [3.8, 4) is 5.75 Å². The second-order valence-corrected chi connectivity index (χ2v) is 8.23. The molecule has 8 nitrogen and oxygen atoms in total. The predicted molar refractivity (Wildman–Crippen MR) is 78.2 cm³/mol. The molecule has 0 unspecified atom stereocenters. The van der Waals surface area contributed by atoms with Crippen LogP contribution < -0.4 is 9.46 Å². The molecule has 0 saturated heterocycles. The molecule has 0 atom stereocenters. The summed E-state index contributed by atoms with van der Waals surface area (Å²) in [7, 11) is -6.33. The summed E-state index contributed by atoms with van der Waals surface area (Å²) in [5.74, 6) is -1.03. The lowest BCUT2D eigenvalue weighted by Gasteiger charge is -2.11. The van der Waals surface area contributed by atoms with Gasteiger partial charge in [-0.1, -0.05) is 0 Å². The van der Waals surface area contributed by atoms with Gasteiger partial charge < -0.3 is 9.84 Å².